The standard InChI is InChI=1S/C26H34N4O2/c1-3-29(4-2)24-15-14-19(17-27-24)18-28-25(31)23-16-21-12-8-9-13-22(21)30(23)26(32)20-10-6-5-7-11-20/h5-7,10-11,14-15,17,21-23H,3-4,8-9,12-13,16,18H2,1-2H3,(H,28,31). The van der Waals surface area contributed by atoms with E-state index in [0.717, 1.165) is 50.2 Å². The van der Waals surface area contributed by atoms with Crippen molar-refractivity contribution in [1.29, 1.82) is 0 Å². The lowest BCUT2D eigenvalue weighted by molar-refractivity contribution is -0.125. The van der Waals surface area contributed by atoms with E-state index < -0.39 is 6.04 Å². The van der Waals surface area contributed by atoms with Gasteiger partial charge in [-0.1, -0.05) is 37.1 Å². The van der Waals surface area contributed by atoms with Gasteiger partial charge in [0, 0.05) is 37.4 Å². The van der Waals surface area contributed by atoms with Crippen LogP contribution in [0.2, 0.25) is 0 Å². The number of hydrogen-bond donors (Lipinski definition) is 1. The number of hydrogen-bond acceptors (Lipinski definition) is 4. The highest BCUT2D eigenvalue weighted by Crippen LogP contribution is 2.40. The number of amides is 2. The zero-order chi connectivity index (χ0) is 22.5. The summed E-state index contributed by atoms with van der Waals surface area (Å²) in [5, 5.41) is 3.08. The Labute approximate surface area is 191 Å². The molecule has 2 heterocycles. The summed E-state index contributed by atoms with van der Waals surface area (Å²) in [6.07, 6.45) is 6.99. The summed E-state index contributed by atoms with van der Waals surface area (Å²) in [5.41, 5.74) is 1.62. The molecule has 1 saturated carbocycles. The number of benzene rings is 1. The Kier molecular flexibility index (Phi) is 7.08. The third kappa shape index (κ3) is 4.64. The Morgan fingerprint density at radius 3 is 2.50 bits per heavy atom. The molecule has 3 atom stereocenters. The summed E-state index contributed by atoms with van der Waals surface area (Å²) in [4.78, 5) is 35.2. The Balaban J connectivity index is 1.45. The van der Waals surface area contributed by atoms with Gasteiger partial charge in [0.25, 0.3) is 5.91 Å². The predicted octanol–water partition coefficient (Wildman–Crippen LogP) is 4.02. The summed E-state index contributed by atoms with van der Waals surface area (Å²) in [6.45, 7) is 6.47. The number of pyridine rings is 1. The number of likely N-dealkylation sites (tertiary alicyclic amines) is 1. The van der Waals surface area contributed by atoms with Crippen LogP contribution in [0, 0.1) is 5.92 Å². The molecule has 2 amide bonds. The Morgan fingerprint density at radius 2 is 1.81 bits per heavy atom. The molecular formula is C26H34N4O2. The van der Waals surface area contributed by atoms with Gasteiger partial charge in [0.2, 0.25) is 5.91 Å². The summed E-state index contributed by atoms with van der Waals surface area (Å²) in [6, 6.07) is 13.1. The van der Waals surface area contributed by atoms with Crippen LogP contribution in [-0.4, -0.2) is 46.9 Å². The summed E-state index contributed by atoms with van der Waals surface area (Å²) in [7, 11) is 0. The second kappa shape index (κ2) is 10.2. The third-order valence-corrected chi connectivity index (χ3v) is 7.01. The monoisotopic (exact) mass is 434 g/mol. The van der Waals surface area contributed by atoms with Crippen LogP contribution in [0.25, 0.3) is 0 Å². The fourth-order valence-corrected chi connectivity index (χ4v) is 5.28. The van der Waals surface area contributed by atoms with Crippen molar-refractivity contribution in [1.82, 2.24) is 15.2 Å². The zero-order valence-corrected chi connectivity index (χ0v) is 19.2. The number of anilines is 1. The molecule has 0 bridgehead atoms. The molecule has 1 aromatic carbocycles. The first-order valence-electron chi connectivity index (χ1n) is 12.0. The van der Waals surface area contributed by atoms with Gasteiger partial charge >= 0.3 is 0 Å². The van der Waals surface area contributed by atoms with Gasteiger partial charge in [-0.2, -0.15) is 0 Å². The van der Waals surface area contributed by atoms with Crippen LogP contribution in [-0.2, 0) is 11.3 Å². The summed E-state index contributed by atoms with van der Waals surface area (Å²) >= 11 is 0. The quantitative estimate of drug-likeness (QED) is 0.715. The van der Waals surface area contributed by atoms with E-state index in [1.54, 1.807) is 0 Å². The van der Waals surface area contributed by atoms with Crippen molar-refractivity contribution < 1.29 is 9.59 Å². The van der Waals surface area contributed by atoms with Gasteiger partial charge in [0.15, 0.2) is 0 Å². The van der Waals surface area contributed by atoms with Gasteiger partial charge in [-0.15, -0.1) is 0 Å². The molecule has 3 unspecified atom stereocenters. The van der Waals surface area contributed by atoms with Gasteiger partial charge in [0.05, 0.1) is 0 Å². The smallest absolute Gasteiger partial charge is 0.254 e. The van der Waals surface area contributed by atoms with Crippen LogP contribution in [0.3, 0.4) is 0 Å². The van der Waals surface area contributed by atoms with Crippen molar-refractivity contribution in [3.8, 4) is 0 Å². The molecular weight excluding hydrogens is 400 g/mol. The van der Waals surface area contributed by atoms with Crippen LogP contribution in [0.4, 0.5) is 5.82 Å². The number of nitrogens with zero attached hydrogens (tertiary/aromatic N) is 3. The van der Waals surface area contributed by atoms with E-state index in [0.29, 0.717) is 18.0 Å². The first kappa shape index (κ1) is 22.3. The lowest BCUT2D eigenvalue weighted by Gasteiger charge is -2.33. The fourth-order valence-electron chi connectivity index (χ4n) is 5.28. The molecule has 4 rings (SSSR count). The van der Waals surface area contributed by atoms with Crippen molar-refractivity contribution in [2.45, 2.75) is 64.6 Å². The zero-order valence-electron chi connectivity index (χ0n) is 19.2. The van der Waals surface area contributed by atoms with Crippen molar-refractivity contribution >= 4 is 17.6 Å². The van der Waals surface area contributed by atoms with E-state index >= 15 is 0 Å². The number of rotatable bonds is 7. The molecule has 2 fully saturated rings. The van der Waals surface area contributed by atoms with E-state index in [1.807, 2.05) is 53.6 Å². The maximum atomic E-state index is 13.4. The molecule has 2 aliphatic rings. The van der Waals surface area contributed by atoms with E-state index in [-0.39, 0.29) is 17.9 Å². The van der Waals surface area contributed by atoms with E-state index in [9.17, 15) is 9.59 Å². The van der Waals surface area contributed by atoms with Crippen molar-refractivity contribution in [2.24, 2.45) is 5.92 Å². The molecule has 1 aromatic heterocycles. The number of aromatic nitrogens is 1. The van der Waals surface area contributed by atoms with Gasteiger partial charge in [0.1, 0.15) is 11.9 Å². The Hall–Kier alpha value is -2.89. The minimum atomic E-state index is -0.404. The highest BCUT2D eigenvalue weighted by molar-refractivity contribution is 5.98. The number of carbonyl (C=O) groups excluding carboxylic acids is 2. The van der Waals surface area contributed by atoms with Crippen molar-refractivity contribution in [2.75, 3.05) is 18.0 Å². The van der Waals surface area contributed by atoms with E-state index in [2.05, 4.69) is 29.0 Å². The fraction of sp³-hybridized carbons (Fsp3) is 0.500. The molecule has 0 radical (unpaired) electrons. The second-order valence-corrected chi connectivity index (χ2v) is 8.86. The van der Waals surface area contributed by atoms with Crippen LogP contribution >= 0.6 is 0 Å². The van der Waals surface area contributed by atoms with Crippen LogP contribution in [0.15, 0.2) is 48.7 Å². The minimum absolute atomic E-state index is 0.0228. The molecule has 6 heteroatoms. The molecule has 6 nitrogen and oxygen atoms in total. The van der Waals surface area contributed by atoms with Crippen LogP contribution in [0.5, 0.6) is 0 Å². The Morgan fingerprint density at radius 1 is 1.06 bits per heavy atom. The Bertz CT molecular complexity index is 911. The first-order valence-corrected chi connectivity index (χ1v) is 12.0. The first-order chi connectivity index (χ1) is 15.6. The van der Waals surface area contributed by atoms with Crippen LogP contribution in [0.1, 0.15) is 61.9 Å². The number of carbonyl (C=O) groups is 2. The lowest BCUT2D eigenvalue weighted by Crippen LogP contribution is -2.49. The number of nitrogens with one attached hydrogen (secondary N) is 1. The molecule has 1 saturated heterocycles. The molecule has 170 valence electrons. The molecule has 32 heavy (non-hydrogen) atoms. The predicted molar refractivity (Wildman–Crippen MR) is 126 cm³/mol. The average molecular weight is 435 g/mol. The normalized spacial score (nSPS) is 22.3. The summed E-state index contributed by atoms with van der Waals surface area (Å²) in [5.74, 6) is 1.29. The van der Waals surface area contributed by atoms with Crippen molar-refractivity contribution in [3.63, 3.8) is 0 Å². The highest BCUT2D eigenvalue weighted by atomic mass is 16.2. The molecule has 0 spiro atoms. The van der Waals surface area contributed by atoms with Crippen molar-refractivity contribution in [3.05, 3.63) is 59.8 Å². The maximum absolute atomic E-state index is 13.4. The minimum Gasteiger partial charge on any atom is -0.357 e. The largest absolute Gasteiger partial charge is 0.357 e. The van der Waals surface area contributed by atoms with E-state index in [1.165, 1.54) is 6.42 Å². The molecule has 2 aromatic rings. The number of fused-ring (bicyclic) bond motifs is 1. The van der Waals surface area contributed by atoms with Gasteiger partial charge in [-0.3, -0.25) is 9.59 Å². The lowest BCUT2D eigenvalue weighted by atomic mass is 9.84. The molecule has 1 aliphatic carbocycles. The highest BCUT2D eigenvalue weighted by Gasteiger charge is 2.47. The van der Waals surface area contributed by atoms with Gasteiger partial charge < -0.3 is 15.1 Å². The van der Waals surface area contributed by atoms with Gasteiger partial charge in [-0.05, 0) is 62.8 Å². The van der Waals surface area contributed by atoms with Gasteiger partial charge in [-0.25, -0.2) is 4.98 Å². The van der Waals surface area contributed by atoms with E-state index in [4.69, 9.17) is 0 Å². The molecule has 1 aliphatic heterocycles. The maximum Gasteiger partial charge on any atom is 0.254 e. The topological polar surface area (TPSA) is 65.5 Å². The second-order valence-electron chi connectivity index (χ2n) is 8.86. The van der Waals surface area contributed by atoms with Crippen LogP contribution < -0.4 is 10.2 Å². The average Bonchev–Trinajstić information content (AvgIpc) is 3.24. The SMILES string of the molecule is CCN(CC)c1ccc(CNC(=O)C2CC3CCCCC3N2C(=O)c2ccccc2)cn1. The third-order valence-electron chi connectivity index (χ3n) is 7.01. The summed E-state index contributed by atoms with van der Waals surface area (Å²) < 4.78 is 0. The molecule has 1 N–H and O–H groups in total.